The van der Waals surface area contributed by atoms with Crippen molar-refractivity contribution in [2.45, 2.75) is 38.6 Å². The van der Waals surface area contributed by atoms with E-state index < -0.39 is 18.1 Å². The Labute approximate surface area is 168 Å². The molecule has 27 heavy (non-hydrogen) atoms. The van der Waals surface area contributed by atoms with Crippen molar-refractivity contribution in [3.05, 3.63) is 39.4 Å². The van der Waals surface area contributed by atoms with Gasteiger partial charge in [-0.25, -0.2) is 0 Å². The Morgan fingerprint density at radius 2 is 2.07 bits per heavy atom. The van der Waals surface area contributed by atoms with Crippen molar-refractivity contribution in [3.63, 3.8) is 0 Å². The summed E-state index contributed by atoms with van der Waals surface area (Å²) < 4.78 is 0. The Hall–Kier alpha value is -1.76. The zero-order valence-electron chi connectivity index (χ0n) is 15.6. The second kappa shape index (κ2) is 8.50. The van der Waals surface area contributed by atoms with Gasteiger partial charge in [0.15, 0.2) is 0 Å². The van der Waals surface area contributed by atoms with E-state index in [0.29, 0.717) is 23.6 Å². The molecule has 0 aromatic heterocycles. The first-order valence-electron chi connectivity index (χ1n) is 8.64. The van der Waals surface area contributed by atoms with Gasteiger partial charge in [0, 0.05) is 18.0 Å². The van der Waals surface area contributed by atoms with Crippen LogP contribution in [0.25, 0.3) is 0 Å². The first-order chi connectivity index (χ1) is 12.7. The lowest BCUT2D eigenvalue weighted by atomic mass is 9.84. The van der Waals surface area contributed by atoms with E-state index in [2.05, 4.69) is 5.32 Å². The molecule has 6 nitrogen and oxygen atoms in total. The fourth-order valence-electron chi connectivity index (χ4n) is 3.60. The summed E-state index contributed by atoms with van der Waals surface area (Å²) in [5.74, 6) is -1.06. The highest BCUT2D eigenvalue weighted by atomic mass is 35.5. The molecule has 0 spiro atoms. The minimum absolute atomic E-state index is 0.0396. The monoisotopic (exact) mass is 414 g/mol. The van der Waals surface area contributed by atoms with E-state index in [4.69, 9.17) is 28.3 Å². The van der Waals surface area contributed by atoms with Crippen LogP contribution in [0.1, 0.15) is 38.7 Å². The number of allylic oxidation sites excluding steroid dienone is 1. The molecule has 1 aliphatic rings. The summed E-state index contributed by atoms with van der Waals surface area (Å²) in [4.78, 5) is 25.8. The average molecular weight is 415 g/mol. The number of aliphatic hydroxyl groups excluding tert-OH is 1. The van der Waals surface area contributed by atoms with E-state index in [1.165, 1.54) is 12.1 Å². The fourth-order valence-corrected chi connectivity index (χ4v) is 4.08. The van der Waals surface area contributed by atoms with E-state index in [0.717, 1.165) is 5.57 Å². The molecule has 1 unspecified atom stereocenters. The summed E-state index contributed by atoms with van der Waals surface area (Å²) in [5.41, 5.74) is 0.914. The van der Waals surface area contributed by atoms with Gasteiger partial charge in [-0.2, -0.15) is 0 Å². The molecule has 1 aliphatic heterocycles. The summed E-state index contributed by atoms with van der Waals surface area (Å²) >= 11 is 12.5. The van der Waals surface area contributed by atoms with E-state index >= 15 is 0 Å². The van der Waals surface area contributed by atoms with Gasteiger partial charge in [0.25, 0.3) is 0 Å². The summed E-state index contributed by atoms with van der Waals surface area (Å²) in [5, 5.41) is 22.2. The maximum Gasteiger partial charge on any atom is 0.246 e. The molecular formula is C19H24Cl2N2O4. The highest BCUT2D eigenvalue weighted by Gasteiger charge is 2.46. The standard InChI is InChI=1S/C19H24Cl2N2O4/c1-4-11(2)19(3)7-12(17-14(25)6-5-13(20)18(17)21)9-23(19)16(27)8-22-15(26)10-24/h4-6,12,24-25H,7-10H2,1-3H3,(H,22,26)/b11-4+/t12-,19?/m0/s1. The van der Waals surface area contributed by atoms with Gasteiger partial charge in [0.05, 0.1) is 22.1 Å². The van der Waals surface area contributed by atoms with Gasteiger partial charge in [0.2, 0.25) is 11.8 Å². The number of benzene rings is 1. The molecule has 0 radical (unpaired) electrons. The molecule has 1 fully saturated rings. The fraction of sp³-hybridized carbons (Fsp3) is 0.474. The third kappa shape index (κ3) is 4.23. The summed E-state index contributed by atoms with van der Waals surface area (Å²) in [6, 6.07) is 3.02. The van der Waals surface area contributed by atoms with Crippen molar-refractivity contribution in [2.75, 3.05) is 19.7 Å². The van der Waals surface area contributed by atoms with Crippen molar-refractivity contribution >= 4 is 35.0 Å². The number of halogens is 2. The summed E-state index contributed by atoms with van der Waals surface area (Å²) in [6.45, 7) is 5.22. The molecule has 8 heteroatoms. The molecule has 1 heterocycles. The van der Waals surface area contributed by atoms with Crippen LogP contribution in [0, 0.1) is 0 Å². The van der Waals surface area contributed by atoms with Crippen molar-refractivity contribution in [2.24, 2.45) is 0 Å². The second-order valence-corrected chi connectivity index (χ2v) is 7.67. The van der Waals surface area contributed by atoms with Gasteiger partial charge < -0.3 is 20.4 Å². The lowest BCUT2D eigenvalue weighted by molar-refractivity contribution is -0.135. The third-order valence-electron chi connectivity index (χ3n) is 5.32. The first-order valence-corrected chi connectivity index (χ1v) is 9.39. The predicted molar refractivity (Wildman–Crippen MR) is 105 cm³/mol. The first kappa shape index (κ1) is 21.5. The van der Waals surface area contributed by atoms with Gasteiger partial charge in [-0.3, -0.25) is 9.59 Å². The second-order valence-electron chi connectivity index (χ2n) is 6.88. The normalized spacial score (nSPS) is 22.8. The Bertz CT molecular complexity index is 781. The maximum absolute atomic E-state index is 12.8. The Morgan fingerprint density at radius 3 is 2.67 bits per heavy atom. The molecule has 2 atom stereocenters. The molecule has 148 valence electrons. The minimum Gasteiger partial charge on any atom is -0.508 e. The molecule has 0 bridgehead atoms. The Kier molecular flexibility index (Phi) is 6.78. The average Bonchev–Trinajstić information content (AvgIpc) is 3.00. The highest BCUT2D eigenvalue weighted by Crippen LogP contribution is 2.48. The number of aromatic hydroxyl groups is 1. The predicted octanol–water partition coefficient (Wildman–Crippen LogP) is 2.85. The van der Waals surface area contributed by atoms with E-state index in [1.54, 1.807) is 4.90 Å². The summed E-state index contributed by atoms with van der Waals surface area (Å²) in [6.07, 6.45) is 2.49. The lowest BCUT2D eigenvalue weighted by Crippen LogP contribution is -2.49. The van der Waals surface area contributed by atoms with E-state index in [-0.39, 0.29) is 29.1 Å². The smallest absolute Gasteiger partial charge is 0.246 e. The van der Waals surface area contributed by atoms with Crippen LogP contribution < -0.4 is 5.32 Å². The molecule has 2 rings (SSSR count). The third-order valence-corrected chi connectivity index (χ3v) is 6.14. The number of nitrogens with zero attached hydrogens (tertiary/aromatic N) is 1. The zero-order valence-corrected chi connectivity index (χ0v) is 17.1. The number of likely N-dealkylation sites (tertiary alicyclic amines) is 1. The maximum atomic E-state index is 12.8. The number of aliphatic hydroxyl groups is 1. The molecule has 1 saturated heterocycles. The number of nitrogens with one attached hydrogen (secondary N) is 1. The molecule has 3 N–H and O–H groups in total. The van der Waals surface area contributed by atoms with Crippen LogP contribution in [0.15, 0.2) is 23.8 Å². The van der Waals surface area contributed by atoms with Gasteiger partial charge in [-0.15, -0.1) is 0 Å². The summed E-state index contributed by atoms with van der Waals surface area (Å²) in [7, 11) is 0. The van der Waals surface area contributed by atoms with Crippen LogP contribution in [0.4, 0.5) is 0 Å². The van der Waals surface area contributed by atoms with Gasteiger partial charge >= 0.3 is 0 Å². The van der Waals surface area contributed by atoms with Crippen LogP contribution in [0.2, 0.25) is 10.0 Å². The molecule has 1 aromatic carbocycles. The zero-order chi connectivity index (χ0) is 20.4. The number of carbonyl (C=O) groups is 2. The van der Waals surface area contributed by atoms with Crippen LogP contribution in [0.3, 0.4) is 0 Å². The number of phenolic OH excluding ortho intramolecular Hbond substituents is 1. The van der Waals surface area contributed by atoms with E-state index in [1.807, 2.05) is 26.8 Å². The quantitative estimate of drug-likeness (QED) is 0.646. The van der Waals surface area contributed by atoms with Crippen molar-refractivity contribution in [1.29, 1.82) is 0 Å². The number of amides is 2. The Balaban J connectivity index is 2.38. The number of hydrogen-bond acceptors (Lipinski definition) is 4. The van der Waals surface area contributed by atoms with Crippen LogP contribution in [0.5, 0.6) is 5.75 Å². The number of phenols is 1. The largest absolute Gasteiger partial charge is 0.508 e. The number of hydrogen-bond donors (Lipinski definition) is 3. The van der Waals surface area contributed by atoms with Crippen molar-refractivity contribution < 1.29 is 19.8 Å². The van der Waals surface area contributed by atoms with Gasteiger partial charge in [0.1, 0.15) is 12.4 Å². The molecule has 0 aliphatic carbocycles. The Morgan fingerprint density at radius 1 is 1.41 bits per heavy atom. The lowest BCUT2D eigenvalue weighted by Gasteiger charge is -2.36. The molecule has 1 aromatic rings. The number of carbonyl (C=O) groups excluding carboxylic acids is 2. The van der Waals surface area contributed by atoms with Crippen LogP contribution in [-0.4, -0.2) is 52.2 Å². The van der Waals surface area contributed by atoms with Crippen LogP contribution >= 0.6 is 23.2 Å². The van der Waals surface area contributed by atoms with Crippen molar-refractivity contribution in [3.8, 4) is 5.75 Å². The minimum atomic E-state index is -0.674. The van der Waals surface area contributed by atoms with Crippen LogP contribution in [-0.2, 0) is 9.59 Å². The SMILES string of the molecule is C/C=C(\C)C1(C)C[C@H](c2c(O)ccc(Cl)c2Cl)CN1C(=O)CNC(=O)CO. The molecule has 0 saturated carbocycles. The van der Waals surface area contributed by atoms with Gasteiger partial charge in [-0.1, -0.05) is 34.9 Å². The molecular weight excluding hydrogens is 391 g/mol. The highest BCUT2D eigenvalue weighted by molar-refractivity contribution is 6.42. The van der Waals surface area contributed by atoms with E-state index in [9.17, 15) is 14.7 Å². The molecule has 2 amide bonds. The van der Waals surface area contributed by atoms with Gasteiger partial charge in [-0.05, 0) is 39.3 Å². The topological polar surface area (TPSA) is 89.9 Å². The number of rotatable bonds is 5. The van der Waals surface area contributed by atoms with Crippen molar-refractivity contribution in [1.82, 2.24) is 10.2 Å².